The Kier molecular flexibility index (Phi) is 6.11. The van der Waals surface area contributed by atoms with Gasteiger partial charge in [-0.1, -0.05) is 18.2 Å². The van der Waals surface area contributed by atoms with Crippen LogP contribution < -0.4 is 9.47 Å². The number of carbonyl (C=O) groups excluding carboxylic acids is 1. The van der Waals surface area contributed by atoms with Crippen molar-refractivity contribution in [2.75, 3.05) is 20.8 Å². The van der Waals surface area contributed by atoms with Crippen LogP contribution >= 0.6 is 0 Å². The predicted octanol–water partition coefficient (Wildman–Crippen LogP) is 3.34. The minimum Gasteiger partial charge on any atom is -0.496 e. The zero-order valence-corrected chi connectivity index (χ0v) is 14.6. The lowest BCUT2D eigenvalue weighted by Crippen LogP contribution is -2.33. The summed E-state index contributed by atoms with van der Waals surface area (Å²) < 4.78 is 24.2. The number of nitro groups is 1. The van der Waals surface area contributed by atoms with E-state index in [9.17, 15) is 19.3 Å². The van der Waals surface area contributed by atoms with E-state index in [2.05, 4.69) is 0 Å². The van der Waals surface area contributed by atoms with Crippen molar-refractivity contribution in [2.24, 2.45) is 0 Å². The number of methoxy groups -OCH3 is 1. The predicted molar refractivity (Wildman–Crippen MR) is 92.7 cm³/mol. The minimum absolute atomic E-state index is 0.0415. The Bertz CT molecular complexity index is 812. The lowest BCUT2D eigenvalue weighted by molar-refractivity contribution is -0.387. The summed E-state index contributed by atoms with van der Waals surface area (Å²) in [6.45, 7) is 1.52. The van der Waals surface area contributed by atoms with Gasteiger partial charge in [-0.05, 0) is 19.1 Å². The van der Waals surface area contributed by atoms with Crippen molar-refractivity contribution in [3.05, 3.63) is 64.0 Å². The lowest BCUT2D eigenvalue weighted by atomic mass is 10.1. The molecule has 0 aliphatic heterocycles. The van der Waals surface area contributed by atoms with Crippen LogP contribution in [0.25, 0.3) is 0 Å². The number of nitro benzene ring substituents is 1. The topological polar surface area (TPSA) is 81.9 Å². The highest BCUT2D eigenvalue weighted by Gasteiger charge is 2.21. The summed E-state index contributed by atoms with van der Waals surface area (Å²) >= 11 is 0. The van der Waals surface area contributed by atoms with E-state index in [-0.39, 0.29) is 24.3 Å². The first-order valence-corrected chi connectivity index (χ1v) is 7.80. The average molecular weight is 362 g/mol. The average Bonchev–Trinajstić information content (AvgIpc) is 2.64. The van der Waals surface area contributed by atoms with E-state index in [0.29, 0.717) is 5.75 Å². The van der Waals surface area contributed by atoms with Crippen molar-refractivity contribution in [1.82, 2.24) is 4.90 Å². The Morgan fingerprint density at radius 3 is 2.62 bits per heavy atom. The zero-order valence-electron chi connectivity index (χ0n) is 14.6. The molecular weight excluding hydrogens is 343 g/mol. The number of carbonyl (C=O) groups is 1. The van der Waals surface area contributed by atoms with Crippen molar-refractivity contribution < 1.29 is 23.6 Å². The normalized spacial score (nSPS) is 11.5. The number of nitrogens with zero attached hydrogens (tertiary/aromatic N) is 2. The van der Waals surface area contributed by atoms with E-state index in [1.165, 1.54) is 11.0 Å². The third-order valence-electron chi connectivity index (χ3n) is 4.04. The molecule has 1 atom stereocenters. The molecule has 0 radical (unpaired) electrons. The molecule has 1 amide bonds. The Labute approximate surface area is 150 Å². The van der Waals surface area contributed by atoms with E-state index >= 15 is 0 Å². The molecule has 0 aliphatic rings. The fourth-order valence-corrected chi connectivity index (χ4v) is 2.41. The SMILES string of the molecule is COc1ccccc1C(C)N(C)C(=O)COc1ccc([N+](=O)[O-])c(F)c1. The molecule has 26 heavy (non-hydrogen) atoms. The van der Waals surface area contributed by atoms with Crippen LogP contribution in [0.3, 0.4) is 0 Å². The zero-order chi connectivity index (χ0) is 19.3. The highest BCUT2D eigenvalue weighted by atomic mass is 19.1. The second kappa shape index (κ2) is 8.28. The van der Waals surface area contributed by atoms with Crippen LogP contribution in [0.5, 0.6) is 11.5 Å². The quantitative estimate of drug-likeness (QED) is 0.557. The van der Waals surface area contributed by atoms with E-state index in [1.54, 1.807) is 20.2 Å². The Morgan fingerprint density at radius 1 is 1.31 bits per heavy atom. The van der Waals surface area contributed by atoms with Crippen molar-refractivity contribution in [1.29, 1.82) is 0 Å². The van der Waals surface area contributed by atoms with Crippen LogP contribution in [0, 0.1) is 15.9 Å². The smallest absolute Gasteiger partial charge is 0.305 e. The molecule has 0 saturated carbocycles. The summed E-state index contributed by atoms with van der Waals surface area (Å²) in [6, 6.07) is 10.2. The Balaban J connectivity index is 2.03. The van der Waals surface area contributed by atoms with Crippen molar-refractivity contribution in [3.8, 4) is 11.5 Å². The van der Waals surface area contributed by atoms with Crippen LogP contribution in [-0.2, 0) is 4.79 Å². The highest BCUT2D eigenvalue weighted by Crippen LogP contribution is 2.28. The number of halogens is 1. The van der Waals surface area contributed by atoms with E-state index in [0.717, 1.165) is 17.7 Å². The monoisotopic (exact) mass is 362 g/mol. The van der Waals surface area contributed by atoms with E-state index in [4.69, 9.17) is 9.47 Å². The molecule has 0 aromatic heterocycles. The van der Waals surface area contributed by atoms with Crippen molar-refractivity contribution >= 4 is 11.6 Å². The standard InChI is InChI=1S/C18H19FN2O5/c1-12(14-6-4-5-7-17(14)25-3)20(2)18(22)11-26-13-8-9-16(21(23)24)15(19)10-13/h4-10,12H,11H2,1-3H3. The van der Waals surface area contributed by atoms with Gasteiger partial charge in [0.2, 0.25) is 5.82 Å². The molecule has 2 aromatic rings. The molecule has 1 unspecified atom stereocenters. The summed E-state index contributed by atoms with van der Waals surface area (Å²) in [5.74, 6) is -0.643. The maximum atomic E-state index is 13.6. The fourth-order valence-electron chi connectivity index (χ4n) is 2.41. The maximum absolute atomic E-state index is 13.6. The second-order valence-electron chi connectivity index (χ2n) is 5.58. The number of ether oxygens (including phenoxy) is 2. The number of hydrogen-bond acceptors (Lipinski definition) is 5. The molecule has 0 saturated heterocycles. The first-order valence-electron chi connectivity index (χ1n) is 7.80. The van der Waals surface area contributed by atoms with Crippen LogP contribution in [0.15, 0.2) is 42.5 Å². The molecule has 0 aliphatic carbocycles. The van der Waals surface area contributed by atoms with Gasteiger partial charge in [-0.15, -0.1) is 0 Å². The van der Waals surface area contributed by atoms with Crippen molar-refractivity contribution in [2.45, 2.75) is 13.0 Å². The molecule has 0 heterocycles. The first kappa shape index (κ1) is 19.2. The van der Waals surface area contributed by atoms with Crippen LogP contribution in [0.2, 0.25) is 0 Å². The van der Waals surface area contributed by atoms with Gasteiger partial charge in [0.25, 0.3) is 5.91 Å². The number of hydrogen-bond donors (Lipinski definition) is 0. The van der Waals surface area contributed by atoms with E-state index < -0.39 is 16.4 Å². The Hall–Kier alpha value is -3.16. The summed E-state index contributed by atoms with van der Waals surface area (Å²) in [5, 5.41) is 10.6. The first-order chi connectivity index (χ1) is 12.3. The molecule has 0 bridgehead atoms. The lowest BCUT2D eigenvalue weighted by Gasteiger charge is -2.26. The van der Waals surface area contributed by atoms with Crippen molar-refractivity contribution in [3.63, 3.8) is 0 Å². The molecule has 7 nitrogen and oxygen atoms in total. The number of benzene rings is 2. The van der Waals surface area contributed by atoms with Gasteiger partial charge in [0.05, 0.1) is 18.1 Å². The second-order valence-corrected chi connectivity index (χ2v) is 5.58. The molecule has 8 heteroatoms. The van der Waals surface area contributed by atoms with Gasteiger partial charge in [0.1, 0.15) is 11.5 Å². The molecule has 0 fully saturated rings. The summed E-state index contributed by atoms with van der Waals surface area (Å²) in [5.41, 5.74) is 0.192. The molecule has 2 aromatic carbocycles. The minimum atomic E-state index is -1.02. The number of likely N-dealkylation sites (N-methyl/N-ethyl adjacent to an activating group) is 1. The third-order valence-corrected chi connectivity index (χ3v) is 4.04. The van der Waals surface area contributed by atoms with Gasteiger partial charge in [-0.25, -0.2) is 0 Å². The summed E-state index contributed by atoms with van der Waals surface area (Å²) in [4.78, 5) is 23.6. The summed E-state index contributed by atoms with van der Waals surface area (Å²) in [6.07, 6.45) is 0. The molecule has 0 spiro atoms. The number of rotatable bonds is 7. The van der Waals surface area contributed by atoms with Gasteiger partial charge >= 0.3 is 5.69 Å². The molecule has 2 rings (SSSR count). The summed E-state index contributed by atoms with van der Waals surface area (Å²) in [7, 11) is 3.18. The van der Waals surface area contributed by atoms with Crippen LogP contribution in [0.1, 0.15) is 18.5 Å². The van der Waals surface area contributed by atoms with Gasteiger partial charge in [0.15, 0.2) is 6.61 Å². The number of para-hydroxylation sites is 1. The van der Waals surface area contributed by atoms with Crippen LogP contribution in [-0.4, -0.2) is 36.5 Å². The van der Waals surface area contributed by atoms with Gasteiger partial charge in [-0.3, -0.25) is 14.9 Å². The largest absolute Gasteiger partial charge is 0.496 e. The molecule has 138 valence electrons. The Morgan fingerprint density at radius 2 is 2.00 bits per heavy atom. The van der Waals surface area contributed by atoms with E-state index in [1.807, 2.05) is 25.1 Å². The van der Waals surface area contributed by atoms with Gasteiger partial charge in [-0.2, -0.15) is 4.39 Å². The van der Waals surface area contributed by atoms with Gasteiger partial charge in [0, 0.05) is 24.7 Å². The molecular formula is C18H19FN2O5. The number of amides is 1. The maximum Gasteiger partial charge on any atom is 0.305 e. The fraction of sp³-hybridized carbons (Fsp3) is 0.278. The van der Waals surface area contributed by atoms with Gasteiger partial charge < -0.3 is 14.4 Å². The third kappa shape index (κ3) is 4.27. The highest BCUT2D eigenvalue weighted by molar-refractivity contribution is 5.78. The molecule has 0 N–H and O–H groups in total. The van der Waals surface area contributed by atoms with Crippen LogP contribution in [0.4, 0.5) is 10.1 Å².